The quantitative estimate of drug-likeness (QED) is 0.912. The molecule has 1 atom stereocenters. The number of benzene rings is 1. The summed E-state index contributed by atoms with van der Waals surface area (Å²) < 4.78 is 44.6. The van der Waals surface area contributed by atoms with Crippen LogP contribution in [-0.2, 0) is 12.7 Å². The van der Waals surface area contributed by atoms with Crippen molar-refractivity contribution in [2.75, 3.05) is 6.61 Å². The molecule has 23 heavy (non-hydrogen) atoms. The molecule has 0 bridgehead atoms. The number of rotatable bonds is 5. The zero-order valence-electron chi connectivity index (χ0n) is 12.2. The van der Waals surface area contributed by atoms with Crippen LogP contribution in [0.4, 0.5) is 13.2 Å². The first-order valence-corrected chi connectivity index (χ1v) is 6.79. The number of hydrogen-bond donors (Lipinski definition) is 1. The molecule has 0 aliphatic rings. The van der Waals surface area contributed by atoms with Crippen molar-refractivity contribution in [3.8, 4) is 5.75 Å². The molecule has 0 radical (unpaired) electrons. The summed E-state index contributed by atoms with van der Waals surface area (Å²) in [5.74, 6) is -0.372. The smallest absolute Gasteiger partial charge is 0.419 e. The second-order valence-electron chi connectivity index (χ2n) is 4.95. The first-order valence-electron chi connectivity index (χ1n) is 6.79. The van der Waals surface area contributed by atoms with Crippen molar-refractivity contribution < 1.29 is 23.0 Å². The number of nitrogens with zero attached hydrogens (tertiary/aromatic N) is 2. The van der Waals surface area contributed by atoms with Gasteiger partial charge in [-0.1, -0.05) is 12.1 Å². The van der Waals surface area contributed by atoms with E-state index in [0.29, 0.717) is 5.69 Å². The molecule has 2 aromatic rings. The second kappa shape index (κ2) is 6.82. The van der Waals surface area contributed by atoms with Gasteiger partial charge in [0, 0.05) is 6.07 Å². The molecule has 1 aromatic heterocycles. The molecule has 0 saturated carbocycles. The van der Waals surface area contributed by atoms with Gasteiger partial charge in [-0.2, -0.15) is 18.3 Å². The van der Waals surface area contributed by atoms with Gasteiger partial charge < -0.3 is 9.84 Å². The van der Waals surface area contributed by atoms with Gasteiger partial charge in [0.2, 0.25) is 0 Å². The standard InChI is InChI=1S/C15H15F3N2O3/c1-10-6-7-14(22)20(19-10)8-11(21)9-23-13-5-3-2-4-12(13)15(16,17)18/h2-7,11,21H,8-9H2,1H3/t11-/m0/s1. The Morgan fingerprint density at radius 3 is 2.65 bits per heavy atom. The van der Waals surface area contributed by atoms with Crippen molar-refractivity contribution in [3.05, 3.63) is 58.0 Å². The lowest BCUT2D eigenvalue weighted by atomic mass is 10.2. The largest absolute Gasteiger partial charge is 0.490 e. The first kappa shape index (κ1) is 17.0. The summed E-state index contributed by atoms with van der Waals surface area (Å²) in [5, 5.41) is 13.8. The van der Waals surface area contributed by atoms with Gasteiger partial charge in [-0.05, 0) is 25.1 Å². The summed E-state index contributed by atoms with van der Waals surface area (Å²) in [6.45, 7) is 1.11. The normalized spacial score (nSPS) is 12.9. The number of para-hydroxylation sites is 1. The summed E-state index contributed by atoms with van der Waals surface area (Å²) in [6.07, 6.45) is -5.72. The number of aliphatic hydroxyl groups is 1. The lowest BCUT2D eigenvalue weighted by Crippen LogP contribution is -2.32. The van der Waals surface area contributed by atoms with Crippen LogP contribution in [0, 0.1) is 6.92 Å². The molecule has 2 rings (SSSR count). The molecular weight excluding hydrogens is 313 g/mol. The van der Waals surface area contributed by atoms with Crippen LogP contribution in [0.1, 0.15) is 11.3 Å². The van der Waals surface area contributed by atoms with Crippen LogP contribution in [0.15, 0.2) is 41.2 Å². The zero-order valence-corrected chi connectivity index (χ0v) is 12.2. The Hall–Kier alpha value is -2.35. The Labute approximate surface area is 129 Å². The maximum Gasteiger partial charge on any atom is 0.419 e. The first-order chi connectivity index (χ1) is 10.8. The topological polar surface area (TPSA) is 64.4 Å². The SMILES string of the molecule is Cc1ccc(=O)n(C[C@H](O)COc2ccccc2C(F)(F)F)n1. The number of aryl methyl sites for hydroxylation is 1. The van der Waals surface area contributed by atoms with Gasteiger partial charge in [0.25, 0.3) is 5.56 Å². The minimum Gasteiger partial charge on any atom is -0.490 e. The number of hydrogen-bond acceptors (Lipinski definition) is 4. The molecule has 0 spiro atoms. The molecule has 0 aliphatic carbocycles. The molecule has 0 amide bonds. The molecule has 1 heterocycles. The van der Waals surface area contributed by atoms with Gasteiger partial charge in [-0.15, -0.1) is 0 Å². The van der Waals surface area contributed by atoms with Crippen molar-refractivity contribution in [1.29, 1.82) is 0 Å². The average Bonchev–Trinajstić information content (AvgIpc) is 2.48. The maximum atomic E-state index is 12.8. The number of aromatic nitrogens is 2. The number of halogens is 3. The summed E-state index contributed by atoms with van der Waals surface area (Å²) >= 11 is 0. The number of aliphatic hydroxyl groups excluding tert-OH is 1. The Bertz CT molecular complexity index is 728. The van der Waals surface area contributed by atoms with E-state index in [0.717, 1.165) is 10.7 Å². The van der Waals surface area contributed by atoms with E-state index in [9.17, 15) is 23.1 Å². The minimum absolute atomic E-state index is 0.172. The highest BCUT2D eigenvalue weighted by Crippen LogP contribution is 2.35. The van der Waals surface area contributed by atoms with Gasteiger partial charge >= 0.3 is 6.18 Å². The molecule has 8 heteroatoms. The van der Waals surface area contributed by atoms with Crippen LogP contribution in [0.5, 0.6) is 5.75 Å². The fraction of sp³-hybridized carbons (Fsp3) is 0.333. The summed E-state index contributed by atoms with van der Waals surface area (Å²) in [6, 6.07) is 7.56. The molecule has 1 N–H and O–H groups in total. The summed E-state index contributed by atoms with van der Waals surface area (Å²) in [7, 11) is 0. The van der Waals surface area contributed by atoms with Crippen molar-refractivity contribution in [3.63, 3.8) is 0 Å². The van der Waals surface area contributed by atoms with Gasteiger partial charge in [-0.3, -0.25) is 4.79 Å². The van der Waals surface area contributed by atoms with Gasteiger partial charge in [-0.25, -0.2) is 4.68 Å². The van der Waals surface area contributed by atoms with Crippen molar-refractivity contribution in [1.82, 2.24) is 9.78 Å². The van der Waals surface area contributed by atoms with E-state index >= 15 is 0 Å². The van der Waals surface area contributed by atoms with E-state index in [1.165, 1.54) is 30.3 Å². The van der Waals surface area contributed by atoms with Crippen LogP contribution in [0.3, 0.4) is 0 Å². The van der Waals surface area contributed by atoms with Gasteiger partial charge in [0.1, 0.15) is 18.5 Å². The van der Waals surface area contributed by atoms with Crippen LogP contribution >= 0.6 is 0 Å². The highest BCUT2D eigenvalue weighted by atomic mass is 19.4. The van der Waals surface area contributed by atoms with E-state index in [1.807, 2.05) is 0 Å². The number of alkyl halides is 3. The molecule has 0 aliphatic heterocycles. The fourth-order valence-corrected chi connectivity index (χ4v) is 1.95. The van der Waals surface area contributed by atoms with E-state index in [2.05, 4.69) is 5.10 Å². The van der Waals surface area contributed by atoms with E-state index < -0.39 is 30.0 Å². The van der Waals surface area contributed by atoms with Crippen molar-refractivity contribution in [2.45, 2.75) is 25.7 Å². The predicted octanol–water partition coefficient (Wildman–Crippen LogP) is 2.01. The molecule has 0 fully saturated rings. The molecular formula is C15H15F3N2O3. The molecule has 1 aromatic carbocycles. The van der Waals surface area contributed by atoms with Crippen LogP contribution in [-0.4, -0.2) is 27.6 Å². The third-order valence-corrected chi connectivity index (χ3v) is 3.01. The molecule has 124 valence electrons. The lowest BCUT2D eigenvalue weighted by molar-refractivity contribution is -0.139. The third kappa shape index (κ3) is 4.56. The van der Waals surface area contributed by atoms with Crippen molar-refractivity contribution >= 4 is 0 Å². The van der Waals surface area contributed by atoms with Crippen molar-refractivity contribution in [2.24, 2.45) is 0 Å². The third-order valence-electron chi connectivity index (χ3n) is 3.01. The Morgan fingerprint density at radius 1 is 1.26 bits per heavy atom. The van der Waals surface area contributed by atoms with E-state index in [1.54, 1.807) is 6.92 Å². The highest BCUT2D eigenvalue weighted by molar-refractivity contribution is 5.35. The second-order valence-corrected chi connectivity index (χ2v) is 4.95. The average molecular weight is 328 g/mol. The number of ether oxygens (including phenoxy) is 1. The molecule has 5 nitrogen and oxygen atoms in total. The lowest BCUT2D eigenvalue weighted by Gasteiger charge is -2.16. The molecule has 0 saturated heterocycles. The highest BCUT2D eigenvalue weighted by Gasteiger charge is 2.34. The van der Waals surface area contributed by atoms with Gasteiger partial charge in [0.05, 0.1) is 17.8 Å². The Morgan fingerprint density at radius 2 is 1.96 bits per heavy atom. The van der Waals surface area contributed by atoms with Crippen LogP contribution in [0.25, 0.3) is 0 Å². The Balaban J connectivity index is 2.04. The summed E-state index contributed by atoms with van der Waals surface area (Å²) in [4.78, 5) is 11.6. The fourth-order valence-electron chi connectivity index (χ4n) is 1.95. The minimum atomic E-state index is -4.55. The van der Waals surface area contributed by atoms with Crippen LogP contribution in [0.2, 0.25) is 0 Å². The predicted molar refractivity (Wildman–Crippen MR) is 76.2 cm³/mol. The van der Waals surface area contributed by atoms with Gasteiger partial charge in [0.15, 0.2) is 0 Å². The van der Waals surface area contributed by atoms with E-state index in [4.69, 9.17) is 4.74 Å². The van der Waals surface area contributed by atoms with Crippen LogP contribution < -0.4 is 10.3 Å². The maximum absolute atomic E-state index is 12.8. The summed E-state index contributed by atoms with van der Waals surface area (Å²) in [5.41, 5.74) is -0.747. The monoisotopic (exact) mass is 328 g/mol. The van der Waals surface area contributed by atoms with E-state index in [-0.39, 0.29) is 12.3 Å². The Kier molecular flexibility index (Phi) is 5.05. The molecule has 0 unspecified atom stereocenters. The zero-order chi connectivity index (χ0) is 17.0.